The molecule has 4 rings (SSSR count). The van der Waals surface area contributed by atoms with Gasteiger partial charge in [0.25, 0.3) is 5.91 Å². The number of urea groups is 1. The number of carbonyl (C=O) groups is 3. The van der Waals surface area contributed by atoms with E-state index in [1.165, 1.54) is 16.2 Å². The standard InChI is InChI=1S/C19H27N5O4S/c1-22-18(27)24(16(26)19(22)5-3-2-4-6-19)12-15(25)21-17-20-14(13-29-17)11-23-7-9-28-10-8-23/h13H,2-12H2,1H3,(H,20,21,25). The number of anilines is 1. The summed E-state index contributed by atoms with van der Waals surface area (Å²) in [6.07, 6.45) is 4.27. The molecule has 9 nitrogen and oxygen atoms in total. The number of ether oxygens (including phenoxy) is 1. The molecule has 1 spiro atoms. The number of likely N-dealkylation sites (N-methyl/N-ethyl adjacent to an activating group) is 1. The molecule has 1 aliphatic carbocycles. The van der Waals surface area contributed by atoms with Gasteiger partial charge in [-0.1, -0.05) is 19.3 Å². The zero-order valence-corrected chi connectivity index (χ0v) is 17.5. The van der Waals surface area contributed by atoms with E-state index in [-0.39, 0.29) is 18.5 Å². The average molecular weight is 422 g/mol. The molecule has 4 amide bonds. The molecule has 1 aromatic heterocycles. The minimum absolute atomic E-state index is 0.244. The van der Waals surface area contributed by atoms with Gasteiger partial charge in [-0.15, -0.1) is 11.3 Å². The Morgan fingerprint density at radius 1 is 1.24 bits per heavy atom. The summed E-state index contributed by atoms with van der Waals surface area (Å²) < 4.78 is 5.35. The number of amides is 4. The second-order valence-corrected chi connectivity index (χ2v) is 8.76. The molecule has 3 heterocycles. The first-order chi connectivity index (χ1) is 14.0. The van der Waals surface area contributed by atoms with Gasteiger partial charge in [-0.25, -0.2) is 9.78 Å². The van der Waals surface area contributed by atoms with Gasteiger partial charge in [-0.05, 0) is 12.8 Å². The Hall–Kier alpha value is -2.04. The minimum Gasteiger partial charge on any atom is -0.379 e. The summed E-state index contributed by atoms with van der Waals surface area (Å²) >= 11 is 1.35. The molecule has 0 aromatic carbocycles. The van der Waals surface area contributed by atoms with Crippen LogP contribution in [0.5, 0.6) is 0 Å². The SMILES string of the molecule is CN1C(=O)N(CC(=O)Nc2nc(CN3CCOCC3)cs2)C(=O)C12CCCCC2. The van der Waals surface area contributed by atoms with Gasteiger partial charge in [0.05, 0.1) is 18.9 Å². The van der Waals surface area contributed by atoms with Gasteiger partial charge in [0, 0.05) is 32.1 Å². The van der Waals surface area contributed by atoms with Crippen molar-refractivity contribution in [3.63, 3.8) is 0 Å². The third kappa shape index (κ3) is 4.01. The third-order valence-electron chi connectivity index (χ3n) is 6.07. The summed E-state index contributed by atoms with van der Waals surface area (Å²) in [5, 5.41) is 5.14. The molecule has 3 fully saturated rings. The van der Waals surface area contributed by atoms with E-state index in [1.54, 1.807) is 7.05 Å². The number of aromatic nitrogens is 1. The van der Waals surface area contributed by atoms with Crippen LogP contribution in [0.1, 0.15) is 37.8 Å². The molecule has 0 atom stereocenters. The molecular formula is C19H27N5O4S. The Morgan fingerprint density at radius 2 is 1.97 bits per heavy atom. The topological polar surface area (TPSA) is 95.1 Å². The lowest BCUT2D eigenvalue weighted by atomic mass is 9.81. The third-order valence-corrected chi connectivity index (χ3v) is 6.88. The van der Waals surface area contributed by atoms with Gasteiger partial charge >= 0.3 is 6.03 Å². The van der Waals surface area contributed by atoms with Crippen molar-refractivity contribution < 1.29 is 19.1 Å². The van der Waals surface area contributed by atoms with Crippen molar-refractivity contribution >= 4 is 34.3 Å². The van der Waals surface area contributed by atoms with E-state index in [9.17, 15) is 14.4 Å². The number of nitrogens with zero attached hydrogens (tertiary/aromatic N) is 4. The normalized spacial score (nSPS) is 22.5. The summed E-state index contributed by atoms with van der Waals surface area (Å²) in [4.78, 5) is 47.4. The van der Waals surface area contributed by atoms with Crippen molar-refractivity contribution in [2.75, 3.05) is 45.2 Å². The molecule has 1 aromatic rings. The summed E-state index contributed by atoms with van der Waals surface area (Å²) in [7, 11) is 1.67. The monoisotopic (exact) mass is 421 g/mol. The first-order valence-electron chi connectivity index (χ1n) is 10.1. The fourth-order valence-electron chi connectivity index (χ4n) is 4.40. The Balaban J connectivity index is 1.35. The highest BCUT2D eigenvalue weighted by atomic mass is 32.1. The number of carbonyl (C=O) groups excluding carboxylic acids is 3. The van der Waals surface area contributed by atoms with Crippen molar-refractivity contribution in [2.45, 2.75) is 44.2 Å². The molecule has 29 heavy (non-hydrogen) atoms. The van der Waals surface area contributed by atoms with Crippen LogP contribution in [0.15, 0.2) is 5.38 Å². The quantitative estimate of drug-likeness (QED) is 0.724. The molecule has 10 heteroatoms. The van der Waals surface area contributed by atoms with Gasteiger partial charge < -0.3 is 15.0 Å². The predicted octanol–water partition coefficient (Wildman–Crippen LogP) is 1.51. The van der Waals surface area contributed by atoms with Gasteiger partial charge in [0.15, 0.2) is 5.13 Å². The highest BCUT2D eigenvalue weighted by molar-refractivity contribution is 7.13. The summed E-state index contributed by atoms with van der Waals surface area (Å²) in [6, 6.07) is -0.390. The van der Waals surface area contributed by atoms with Crippen LogP contribution in [0.4, 0.5) is 9.93 Å². The highest BCUT2D eigenvalue weighted by Crippen LogP contribution is 2.39. The number of thiazole rings is 1. The van der Waals surface area contributed by atoms with Gasteiger partial charge in [0.1, 0.15) is 12.1 Å². The fourth-order valence-corrected chi connectivity index (χ4v) is 5.12. The van der Waals surface area contributed by atoms with E-state index in [1.807, 2.05) is 5.38 Å². The van der Waals surface area contributed by atoms with Gasteiger partial charge in [-0.3, -0.25) is 19.4 Å². The molecular weight excluding hydrogens is 394 g/mol. The summed E-state index contributed by atoms with van der Waals surface area (Å²) in [6.45, 7) is 3.62. The second kappa shape index (κ2) is 8.37. The van der Waals surface area contributed by atoms with Crippen LogP contribution in [0, 0.1) is 0 Å². The summed E-state index contributed by atoms with van der Waals surface area (Å²) in [5.74, 6) is -0.646. The zero-order valence-electron chi connectivity index (χ0n) is 16.7. The van der Waals surface area contributed by atoms with Gasteiger partial charge in [-0.2, -0.15) is 0 Å². The molecule has 2 saturated heterocycles. The Labute approximate surface area is 174 Å². The predicted molar refractivity (Wildman–Crippen MR) is 108 cm³/mol. The molecule has 1 N–H and O–H groups in total. The molecule has 0 radical (unpaired) electrons. The molecule has 2 aliphatic heterocycles. The van der Waals surface area contributed by atoms with Gasteiger partial charge in [0.2, 0.25) is 5.91 Å². The van der Waals surface area contributed by atoms with E-state index in [4.69, 9.17) is 4.74 Å². The number of imide groups is 1. The number of hydrogen-bond acceptors (Lipinski definition) is 7. The van der Waals surface area contributed by atoms with Crippen molar-refractivity contribution in [1.29, 1.82) is 0 Å². The maximum absolute atomic E-state index is 13.0. The lowest BCUT2D eigenvalue weighted by molar-refractivity contribution is -0.136. The number of hydrogen-bond donors (Lipinski definition) is 1. The molecule has 3 aliphatic rings. The van der Waals surface area contributed by atoms with Crippen molar-refractivity contribution in [2.24, 2.45) is 0 Å². The Kier molecular flexibility index (Phi) is 5.84. The molecule has 158 valence electrons. The first kappa shape index (κ1) is 20.2. The Morgan fingerprint density at radius 3 is 2.69 bits per heavy atom. The first-order valence-corrected chi connectivity index (χ1v) is 11.0. The van der Waals surface area contributed by atoms with Crippen LogP contribution in [0.25, 0.3) is 0 Å². The lowest BCUT2D eigenvalue weighted by Crippen LogP contribution is -2.49. The second-order valence-electron chi connectivity index (χ2n) is 7.91. The van der Waals surface area contributed by atoms with E-state index in [0.717, 1.165) is 56.2 Å². The van der Waals surface area contributed by atoms with Crippen LogP contribution in [0.2, 0.25) is 0 Å². The van der Waals surface area contributed by atoms with Crippen molar-refractivity contribution in [1.82, 2.24) is 19.7 Å². The number of morpholine rings is 1. The number of nitrogens with one attached hydrogen (secondary N) is 1. The zero-order chi connectivity index (χ0) is 20.4. The van der Waals surface area contributed by atoms with Crippen molar-refractivity contribution in [3.8, 4) is 0 Å². The Bertz CT molecular complexity index is 785. The molecule has 0 unspecified atom stereocenters. The highest BCUT2D eigenvalue weighted by Gasteiger charge is 2.55. The largest absolute Gasteiger partial charge is 0.379 e. The molecule has 1 saturated carbocycles. The summed E-state index contributed by atoms with van der Waals surface area (Å²) in [5.41, 5.74) is 0.128. The number of rotatable bonds is 5. The van der Waals surface area contributed by atoms with Crippen LogP contribution in [-0.4, -0.2) is 83.0 Å². The van der Waals surface area contributed by atoms with E-state index < -0.39 is 11.4 Å². The van der Waals surface area contributed by atoms with Crippen LogP contribution in [-0.2, 0) is 20.9 Å². The van der Waals surface area contributed by atoms with Crippen molar-refractivity contribution in [3.05, 3.63) is 11.1 Å². The van der Waals surface area contributed by atoms with E-state index >= 15 is 0 Å². The van der Waals surface area contributed by atoms with E-state index in [2.05, 4.69) is 15.2 Å². The fraction of sp³-hybridized carbons (Fsp3) is 0.684. The van der Waals surface area contributed by atoms with Crippen LogP contribution in [0.3, 0.4) is 0 Å². The van der Waals surface area contributed by atoms with Crippen LogP contribution < -0.4 is 5.32 Å². The maximum Gasteiger partial charge on any atom is 0.327 e. The minimum atomic E-state index is -0.762. The smallest absolute Gasteiger partial charge is 0.327 e. The van der Waals surface area contributed by atoms with Crippen LogP contribution >= 0.6 is 11.3 Å². The van der Waals surface area contributed by atoms with E-state index in [0.29, 0.717) is 24.5 Å². The maximum atomic E-state index is 13.0. The average Bonchev–Trinajstić information content (AvgIpc) is 3.23. The molecule has 0 bridgehead atoms. The lowest BCUT2D eigenvalue weighted by Gasteiger charge is -2.35.